The van der Waals surface area contributed by atoms with Gasteiger partial charge in [-0.2, -0.15) is 0 Å². The largest absolute Gasteiger partial charge is 0.507 e. The van der Waals surface area contributed by atoms with Gasteiger partial charge >= 0.3 is 0 Å². The molecule has 2 rings (SSSR count). The van der Waals surface area contributed by atoms with E-state index in [1.165, 1.54) is 64.5 Å². The quantitative estimate of drug-likeness (QED) is 0.174. The number of hydrogen-bond donors (Lipinski definition) is 1. The molecule has 1 aromatic rings. The van der Waals surface area contributed by atoms with Crippen molar-refractivity contribution in [3.63, 3.8) is 0 Å². The number of ether oxygens (including phenoxy) is 3. The first kappa shape index (κ1) is 26.1. The Hall–Kier alpha value is -2.11. The number of aromatic hydroxyl groups is 1. The van der Waals surface area contributed by atoms with E-state index in [0.717, 1.165) is 12.8 Å². The first-order chi connectivity index (χ1) is 15.5. The van der Waals surface area contributed by atoms with E-state index in [4.69, 9.17) is 14.2 Å². The number of methoxy groups -OCH3 is 2. The van der Waals surface area contributed by atoms with Gasteiger partial charge in [-0.05, 0) is 24.6 Å². The highest BCUT2D eigenvalue weighted by atomic mass is 16.7. The summed E-state index contributed by atoms with van der Waals surface area (Å²) in [5, 5.41) is 10.1. The van der Waals surface area contributed by atoms with Gasteiger partial charge in [-0.3, -0.25) is 4.79 Å². The van der Waals surface area contributed by atoms with Crippen molar-refractivity contribution >= 4 is 5.78 Å². The molecular formula is C27H40O5. The maximum absolute atomic E-state index is 12.8. The Balaban J connectivity index is 1.72. The predicted octanol–water partition coefficient (Wildman–Crippen LogP) is 6.75. The molecule has 0 spiro atoms. The number of ketones is 1. The van der Waals surface area contributed by atoms with Crippen LogP contribution in [0.2, 0.25) is 0 Å². The molecule has 1 aliphatic carbocycles. The number of Topliss-reactive ketones (excluding diaryl/α,β-unsaturated/α-hetero) is 1. The molecule has 1 N–H and O–H groups in total. The number of carbonyl (C=O) groups excluding carboxylic acids is 1. The second kappa shape index (κ2) is 14.1. The number of phenolic OH excluding ortho intramolecular Hbond substituents is 1. The van der Waals surface area contributed by atoms with Gasteiger partial charge in [-0.1, -0.05) is 76.9 Å². The average molecular weight is 445 g/mol. The first-order valence-corrected chi connectivity index (χ1v) is 12.1. The van der Waals surface area contributed by atoms with Gasteiger partial charge in [0.05, 0.1) is 19.3 Å². The summed E-state index contributed by atoms with van der Waals surface area (Å²) in [6, 6.07) is 4.68. The van der Waals surface area contributed by atoms with Crippen molar-refractivity contribution in [3.05, 3.63) is 47.6 Å². The van der Waals surface area contributed by atoms with Gasteiger partial charge in [0.2, 0.25) is 0 Å². The highest BCUT2D eigenvalue weighted by molar-refractivity contribution is 6.12. The summed E-state index contributed by atoms with van der Waals surface area (Å²) >= 11 is 0. The number of unbranched alkanes of at least 4 members (excludes halogenated alkanes) is 9. The minimum Gasteiger partial charge on any atom is -0.507 e. The van der Waals surface area contributed by atoms with Gasteiger partial charge < -0.3 is 19.3 Å². The van der Waals surface area contributed by atoms with Crippen LogP contribution in [0, 0.1) is 0 Å². The second-order valence-corrected chi connectivity index (χ2v) is 8.46. The summed E-state index contributed by atoms with van der Waals surface area (Å²) in [6.07, 6.45) is 18.6. The fourth-order valence-corrected chi connectivity index (χ4v) is 3.91. The number of phenols is 1. The zero-order chi connectivity index (χ0) is 23.2. The number of carbonyl (C=O) groups is 1. The summed E-state index contributed by atoms with van der Waals surface area (Å²) in [7, 11) is 3.14. The molecule has 1 atom stereocenters. The van der Waals surface area contributed by atoms with E-state index in [-0.39, 0.29) is 17.1 Å². The lowest BCUT2D eigenvalue weighted by molar-refractivity contribution is -0.186. The lowest BCUT2D eigenvalue weighted by Crippen LogP contribution is -2.34. The number of benzene rings is 1. The highest BCUT2D eigenvalue weighted by Crippen LogP contribution is 2.30. The second-order valence-electron chi connectivity index (χ2n) is 8.46. The third kappa shape index (κ3) is 8.10. The Labute approximate surface area is 193 Å². The topological polar surface area (TPSA) is 65.0 Å². The van der Waals surface area contributed by atoms with Crippen molar-refractivity contribution in [2.75, 3.05) is 20.8 Å². The number of allylic oxidation sites excluding steroid dienone is 2. The highest BCUT2D eigenvalue weighted by Gasteiger charge is 2.30. The maximum Gasteiger partial charge on any atom is 0.196 e. The van der Waals surface area contributed by atoms with Crippen molar-refractivity contribution in [2.45, 2.75) is 83.3 Å². The molecule has 0 aliphatic heterocycles. The third-order valence-electron chi connectivity index (χ3n) is 6.02. The zero-order valence-corrected chi connectivity index (χ0v) is 20.0. The third-order valence-corrected chi connectivity index (χ3v) is 6.02. The Kier molecular flexibility index (Phi) is 11.5. The van der Waals surface area contributed by atoms with Gasteiger partial charge in [0.15, 0.2) is 11.6 Å². The number of rotatable bonds is 16. The van der Waals surface area contributed by atoms with Crippen molar-refractivity contribution in [3.8, 4) is 11.5 Å². The van der Waals surface area contributed by atoms with E-state index < -0.39 is 5.79 Å². The van der Waals surface area contributed by atoms with E-state index >= 15 is 0 Å². The van der Waals surface area contributed by atoms with Crippen LogP contribution in [0.5, 0.6) is 11.5 Å². The predicted molar refractivity (Wildman–Crippen MR) is 128 cm³/mol. The summed E-state index contributed by atoms with van der Waals surface area (Å²) in [5.74, 6) is -0.651. The minimum absolute atomic E-state index is 0.0931. The molecule has 0 saturated carbocycles. The Morgan fingerprint density at radius 3 is 2.19 bits per heavy atom. The van der Waals surface area contributed by atoms with Crippen LogP contribution in [0.3, 0.4) is 0 Å². The molecule has 0 amide bonds. The summed E-state index contributed by atoms with van der Waals surface area (Å²) in [5.41, 5.74) is 0.763. The fraction of sp³-hybridized carbons (Fsp3) is 0.593. The van der Waals surface area contributed by atoms with Crippen LogP contribution in [0.4, 0.5) is 0 Å². The Morgan fingerprint density at radius 2 is 1.66 bits per heavy atom. The fourth-order valence-electron chi connectivity index (χ4n) is 3.91. The van der Waals surface area contributed by atoms with Crippen LogP contribution in [0.15, 0.2) is 42.0 Å². The van der Waals surface area contributed by atoms with E-state index in [1.807, 2.05) is 6.08 Å². The van der Waals surface area contributed by atoms with Crippen LogP contribution in [-0.2, 0) is 9.47 Å². The summed E-state index contributed by atoms with van der Waals surface area (Å²) < 4.78 is 16.8. The minimum atomic E-state index is -0.828. The molecule has 1 aliphatic rings. The van der Waals surface area contributed by atoms with Crippen LogP contribution in [-0.4, -0.2) is 37.5 Å². The van der Waals surface area contributed by atoms with Crippen LogP contribution in [0.25, 0.3) is 0 Å². The van der Waals surface area contributed by atoms with Crippen molar-refractivity contribution < 1.29 is 24.1 Å². The van der Waals surface area contributed by atoms with E-state index in [9.17, 15) is 9.90 Å². The van der Waals surface area contributed by atoms with Gasteiger partial charge in [-0.15, -0.1) is 0 Å². The standard InChI is InChI=1S/C27H40O5/c1-4-5-6-7-8-9-10-11-12-13-20-32-27(31-3)18-16-22(17-19-27)26(29)24-15-14-23(30-2)21-25(24)28/h14-18,21,28H,4-13,19-20H2,1-3H3. The smallest absolute Gasteiger partial charge is 0.196 e. The van der Waals surface area contributed by atoms with E-state index in [1.54, 1.807) is 31.4 Å². The molecule has 0 bridgehead atoms. The molecule has 0 radical (unpaired) electrons. The lowest BCUT2D eigenvalue weighted by Gasteiger charge is -2.31. The monoisotopic (exact) mass is 444 g/mol. The molecule has 32 heavy (non-hydrogen) atoms. The Morgan fingerprint density at radius 1 is 1.00 bits per heavy atom. The number of hydrogen-bond acceptors (Lipinski definition) is 5. The lowest BCUT2D eigenvalue weighted by atomic mass is 9.95. The molecule has 1 unspecified atom stereocenters. The molecule has 1 aromatic carbocycles. The Bertz CT molecular complexity index is 767. The first-order valence-electron chi connectivity index (χ1n) is 12.1. The maximum atomic E-state index is 12.8. The summed E-state index contributed by atoms with van der Waals surface area (Å²) in [6.45, 7) is 2.88. The van der Waals surface area contributed by atoms with E-state index in [0.29, 0.717) is 24.4 Å². The molecule has 0 fully saturated rings. The zero-order valence-electron chi connectivity index (χ0n) is 20.0. The molecule has 0 aromatic heterocycles. The molecule has 0 heterocycles. The normalized spacial score (nSPS) is 17.9. The van der Waals surface area contributed by atoms with Gasteiger partial charge in [-0.25, -0.2) is 0 Å². The van der Waals surface area contributed by atoms with Crippen LogP contribution in [0.1, 0.15) is 87.9 Å². The molecule has 178 valence electrons. The van der Waals surface area contributed by atoms with E-state index in [2.05, 4.69) is 6.92 Å². The van der Waals surface area contributed by atoms with Gasteiger partial charge in [0.25, 0.3) is 0 Å². The molecular weight excluding hydrogens is 404 g/mol. The SMILES string of the molecule is CCCCCCCCCCCCOC1(OC)C=CC(C(=O)c2ccc(OC)cc2O)=CC1. The van der Waals surface area contributed by atoms with Crippen molar-refractivity contribution in [1.29, 1.82) is 0 Å². The molecule has 0 saturated heterocycles. The van der Waals surface area contributed by atoms with Crippen LogP contribution < -0.4 is 4.74 Å². The molecule has 5 nitrogen and oxygen atoms in total. The van der Waals surface area contributed by atoms with Gasteiger partial charge in [0, 0.05) is 25.2 Å². The average Bonchev–Trinajstić information content (AvgIpc) is 2.82. The summed E-state index contributed by atoms with van der Waals surface area (Å²) in [4.78, 5) is 12.8. The van der Waals surface area contributed by atoms with Crippen molar-refractivity contribution in [2.24, 2.45) is 0 Å². The van der Waals surface area contributed by atoms with Crippen LogP contribution >= 0.6 is 0 Å². The van der Waals surface area contributed by atoms with Crippen molar-refractivity contribution in [1.82, 2.24) is 0 Å². The molecule has 5 heteroatoms. The van der Waals surface area contributed by atoms with Gasteiger partial charge in [0.1, 0.15) is 11.5 Å².